The molecule has 0 aliphatic carbocycles. The van der Waals surface area contributed by atoms with Gasteiger partial charge in [0.25, 0.3) is 0 Å². The van der Waals surface area contributed by atoms with E-state index in [-0.39, 0.29) is 0 Å². The Labute approximate surface area is 78.9 Å². The Bertz CT molecular complexity index is 412. The van der Waals surface area contributed by atoms with Crippen LogP contribution in [0.5, 0.6) is 5.75 Å². The zero-order chi connectivity index (χ0) is 8.55. The van der Waals surface area contributed by atoms with Crippen molar-refractivity contribution >= 4 is 33.2 Å². The highest BCUT2D eigenvalue weighted by Crippen LogP contribution is 2.31. The fourth-order valence-corrected chi connectivity index (χ4v) is 2.05. The Morgan fingerprint density at radius 2 is 2.33 bits per heavy atom. The van der Waals surface area contributed by atoms with Crippen LogP contribution in [0.4, 0.5) is 0 Å². The van der Waals surface area contributed by atoms with Crippen molar-refractivity contribution in [1.82, 2.24) is 4.37 Å². The average Bonchev–Trinajstić information content (AvgIpc) is 2.50. The second-order valence-corrected chi connectivity index (χ2v) is 3.62. The van der Waals surface area contributed by atoms with Gasteiger partial charge in [0.15, 0.2) is 0 Å². The third-order valence-electron chi connectivity index (χ3n) is 1.62. The predicted octanol–water partition coefficient (Wildman–Crippen LogP) is 2.96. The lowest BCUT2D eigenvalue weighted by molar-refractivity contribution is 0.420. The molecule has 2 rings (SSSR count). The number of nitrogens with zero attached hydrogens (tertiary/aromatic N) is 1. The van der Waals surface area contributed by atoms with Gasteiger partial charge in [-0.15, -0.1) is 0 Å². The first-order chi connectivity index (χ1) is 5.81. The number of benzene rings is 1. The Hall–Kier alpha value is -0.800. The highest BCUT2D eigenvalue weighted by Gasteiger charge is 2.04. The van der Waals surface area contributed by atoms with Crippen LogP contribution in [0.25, 0.3) is 10.1 Å². The van der Waals surface area contributed by atoms with E-state index in [4.69, 9.17) is 16.3 Å². The van der Waals surface area contributed by atoms with E-state index in [1.165, 1.54) is 11.5 Å². The summed E-state index contributed by atoms with van der Waals surface area (Å²) in [7, 11) is 1.63. The van der Waals surface area contributed by atoms with E-state index in [1.807, 2.05) is 6.07 Å². The number of hydrogen-bond acceptors (Lipinski definition) is 3. The number of aromatic nitrogens is 1. The molecule has 1 heterocycles. The van der Waals surface area contributed by atoms with Gasteiger partial charge >= 0.3 is 0 Å². The number of halogens is 1. The van der Waals surface area contributed by atoms with Crippen LogP contribution < -0.4 is 4.74 Å². The van der Waals surface area contributed by atoms with Crippen LogP contribution in [0.2, 0.25) is 5.02 Å². The van der Waals surface area contributed by atoms with Crippen LogP contribution in [-0.4, -0.2) is 11.5 Å². The van der Waals surface area contributed by atoms with Gasteiger partial charge in [0, 0.05) is 5.02 Å². The Kier molecular flexibility index (Phi) is 1.90. The summed E-state index contributed by atoms with van der Waals surface area (Å²) in [6, 6.07) is 3.68. The minimum Gasteiger partial charge on any atom is -0.496 e. The first-order valence-corrected chi connectivity index (χ1v) is 4.54. The predicted molar refractivity (Wildman–Crippen MR) is 51.2 cm³/mol. The lowest BCUT2D eigenvalue weighted by Gasteiger charge is -2.00. The van der Waals surface area contributed by atoms with Gasteiger partial charge in [-0.05, 0) is 23.7 Å². The number of methoxy groups -OCH3 is 1. The SMILES string of the molecule is COc1cc(Cl)cc2sncc12. The van der Waals surface area contributed by atoms with Crippen molar-refractivity contribution in [3.05, 3.63) is 23.4 Å². The number of fused-ring (bicyclic) bond motifs is 1. The van der Waals surface area contributed by atoms with E-state index >= 15 is 0 Å². The van der Waals surface area contributed by atoms with E-state index in [9.17, 15) is 0 Å². The standard InChI is InChI=1S/C8H6ClNOS/c1-11-7-2-5(9)3-8-6(7)4-10-12-8/h2-4H,1H3. The molecular formula is C8H6ClNOS. The molecule has 0 saturated heterocycles. The van der Waals surface area contributed by atoms with Crippen molar-refractivity contribution in [3.63, 3.8) is 0 Å². The van der Waals surface area contributed by atoms with Crippen molar-refractivity contribution < 1.29 is 4.74 Å². The van der Waals surface area contributed by atoms with Crippen LogP contribution >= 0.6 is 23.1 Å². The van der Waals surface area contributed by atoms with Gasteiger partial charge in [-0.25, -0.2) is 0 Å². The fraction of sp³-hybridized carbons (Fsp3) is 0.125. The molecule has 62 valence electrons. The lowest BCUT2D eigenvalue weighted by Crippen LogP contribution is -1.82. The smallest absolute Gasteiger partial charge is 0.130 e. The maximum Gasteiger partial charge on any atom is 0.130 e. The summed E-state index contributed by atoms with van der Waals surface area (Å²) < 4.78 is 10.3. The average molecular weight is 200 g/mol. The minimum atomic E-state index is 0.684. The topological polar surface area (TPSA) is 22.1 Å². The van der Waals surface area contributed by atoms with Crippen molar-refractivity contribution in [2.75, 3.05) is 7.11 Å². The molecule has 0 unspecified atom stereocenters. The van der Waals surface area contributed by atoms with Gasteiger partial charge in [-0.3, -0.25) is 0 Å². The molecule has 0 aliphatic rings. The van der Waals surface area contributed by atoms with Crippen LogP contribution in [-0.2, 0) is 0 Å². The molecule has 0 atom stereocenters. The van der Waals surface area contributed by atoms with Crippen molar-refractivity contribution in [1.29, 1.82) is 0 Å². The molecule has 0 radical (unpaired) electrons. The zero-order valence-corrected chi connectivity index (χ0v) is 7.95. The molecule has 0 aliphatic heterocycles. The summed E-state index contributed by atoms with van der Waals surface area (Å²) >= 11 is 7.27. The quantitative estimate of drug-likeness (QED) is 0.705. The highest BCUT2D eigenvalue weighted by molar-refractivity contribution is 7.13. The largest absolute Gasteiger partial charge is 0.496 e. The molecule has 2 nitrogen and oxygen atoms in total. The molecule has 1 aromatic heterocycles. The van der Waals surface area contributed by atoms with E-state index in [1.54, 1.807) is 19.4 Å². The molecule has 0 bridgehead atoms. The second kappa shape index (κ2) is 2.92. The van der Waals surface area contributed by atoms with Crippen LogP contribution in [0.1, 0.15) is 0 Å². The molecule has 12 heavy (non-hydrogen) atoms. The maximum atomic E-state index is 5.86. The summed E-state index contributed by atoms with van der Waals surface area (Å²) in [5.41, 5.74) is 0. The Morgan fingerprint density at radius 1 is 1.50 bits per heavy atom. The van der Waals surface area contributed by atoms with E-state index in [2.05, 4.69) is 4.37 Å². The van der Waals surface area contributed by atoms with Crippen molar-refractivity contribution in [2.45, 2.75) is 0 Å². The van der Waals surface area contributed by atoms with E-state index in [0.717, 1.165) is 15.8 Å². The minimum absolute atomic E-state index is 0.684. The zero-order valence-electron chi connectivity index (χ0n) is 6.37. The number of rotatable bonds is 1. The fourth-order valence-electron chi connectivity index (χ4n) is 1.08. The van der Waals surface area contributed by atoms with E-state index < -0.39 is 0 Å². The summed E-state index contributed by atoms with van der Waals surface area (Å²) in [6.07, 6.45) is 1.79. The van der Waals surface area contributed by atoms with Crippen LogP contribution in [0.15, 0.2) is 18.3 Å². The molecule has 0 N–H and O–H groups in total. The molecule has 4 heteroatoms. The summed E-state index contributed by atoms with van der Waals surface area (Å²) in [5.74, 6) is 0.784. The molecule has 0 spiro atoms. The maximum absolute atomic E-state index is 5.86. The van der Waals surface area contributed by atoms with Gasteiger partial charge in [0.05, 0.1) is 23.4 Å². The first-order valence-electron chi connectivity index (χ1n) is 3.39. The normalized spacial score (nSPS) is 10.5. The summed E-state index contributed by atoms with van der Waals surface area (Å²) in [6.45, 7) is 0. The molecule has 2 aromatic rings. The monoisotopic (exact) mass is 199 g/mol. The molecule has 0 amide bonds. The third-order valence-corrected chi connectivity index (χ3v) is 2.59. The molecule has 0 fully saturated rings. The Balaban J connectivity index is 2.80. The number of hydrogen-bond donors (Lipinski definition) is 0. The van der Waals surface area contributed by atoms with Gasteiger partial charge in [0.2, 0.25) is 0 Å². The van der Waals surface area contributed by atoms with Crippen LogP contribution in [0.3, 0.4) is 0 Å². The van der Waals surface area contributed by atoms with Crippen molar-refractivity contribution in [3.8, 4) is 5.75 Å². The lowest BCUT2D eigenvalue weighted by atomic mass is 10.2. The third kappa shape index (κ3) is 1.15. The highest BCUT2D eigenvalue weighted by atomic mass is 35.5. The van der Waals surface area contributed by atoms with Gasteiger partial charge in [0.1, 0.15) is 5.75 Å². The second-order valence-electron chi connectivity index (χ2n) is 2.35. The van der Waals surface area contributed by atoms with E-state index in [0.29, 0.717) is 5.02 Å². The van der Waals surface area contributed by atoms with Gasteiger partial charge in [-0.1, -0.05) is 11.6 Å². The first kappa shape index (κ1) is 7.83. The van der Waals surface area contributed by atoms with Crippen LogP contribution in [0, 0.1) is 0 Å². The van der Waals surface area contributed by atoms with Gasteiger partial charge in [-0.2, -0.15) is 4.37 Å². The van der Waals surface area contributed by atoms with Crippen molar-refractivity contribution in [2.24, 2.45) is 0 Å². The molecule has 1 aromatic carbocycles. The summed E-state index contributed by atoms with van der Waals surface area (Å²) in [5, 5.41) is 1.70. The summed E-state index contributed by atoms with van der Waals surface area (Å²) in [4.78, 5) is 0. The molecular weight excluding hydrogens is 194 g/mol. The number of ether oxygens (including phenoxy) is 1. The van der Waals surface area contributed by atoms with Gasteiger partial charge < -0.3 is 4.74 Å². The molecule has 0 saturated carbocycles. The Morgan fingerprint density at radius 3 is 3.08 bits per heavy atom.